The molecule has 22 heavy (non-hydrogen) atoms. The number of hydrogen-bond acceptors (Lipinski definition) is 10. The average molecular weight is 324 g/mol. The lowest BCUT2D eigenvalue weighted by Crippen LogP contribution is -2.60. The van der Waals surface area contributed by atoms with Gasteiger partial charge in [-0.15, -0.1) is 0 Å². The number of rotatable bonds is 7. The van der Waals surface area contributed by atoms with Gasteiger partial charge in [0.25, 0.3) is 0 Å². The fraction of sp³-hybridized carbons (Fsp3) is 0.917. The van der Waals surface area contributed by atoms with E-state index in [-0.39, 0.29) is 19.4 Å². The van der Waals surface area contributed by atoms with Gasteiger partial charge in [-0.1, -0.05) is 0 Å². The van der Waals surface area contributed by atoms with Crippen molar-refractivity contribution in [1.29, 1.82) is 0 Å². The van der Waals surface area contributed by atoms with Gasteiger partial charge in [-0.05, 0) is 12.8 Å². The molecule has 1 aliphatic rings. The van der Waals surface area contributed by atoms with Crippen LogP contribution >= 0.6 is 0 Å². The Hall–Kier alpha value is -0.850. The van der Waals surface area contributed by atoms with E-state index >= 15 is 0 Å². The predicted octanol–water partition coefficient (Wildman–Crippen LogP) is -4.24. The van der Waals surface area contributed by atoms with Crippen LogP contribution in [0.3, 0.4) is 0 Å². The monoisotopic (exact) mass is 324 g/mol. The Morgan fingerprint density at radius 3 is 2.36 bits per heavy atom. The third-order valence-corrected chi connectivity index (χ3v) is 3.47. The second-order valence-electron chi connectivity index (χ2n) is 5.21. The molecule has 0 aromatic heterocycles. The van der Waals surface area contributed by atoms with Gasteiger partial charge < -0.3 is 46.5 Å². The highest BCUT2D eigenvalue weighted by Crippen LogP contribution is 2.22. The van der Waals surface area contributed by atoms with Gasteiger partial charge in [0.2, 0.25) is 6.29 Å². The molecule has 1 heterocycles. The fourth-order valence-corrected chi connectivity index (χ4v) is 1.97. The van der Waals surface area contributed by atoms with E-state index in [1.54, 1.807) is 0 Å². The first-order valence-corrected chi connectivity index (χ1v) is 6.96. The normalized spacial score (nSPS) is 35.0. The molecule has 130 valence electrons. The quantitative estimate of drug-likeness (QED) is 0.226. The molecule has 7 atom stereocenters. The standard InChI is InChI=1S/C12H24N2O8/c13-3-5(16)1-2-6(14)11(20)22-12-10(19)9(18)8(17)7(4-15)21-12/h5-10,12,15-19H,1-4,13-14H2. The summed E-state index contributed by atoms with van der Waals surface area (Å²) < 4.78 is 9.87. The molecular formula is C12H24N2O8. The van der Waals surface area contributed by atoms with Crippen LogP contribution in [0.1, 0.15) is 12.8 Å². The first kappa shape index (κ1) is 19.2. The van der Waals surface area contributed by atoms with Crippen molar-refractivity contribution >= 4 is 5.97 Å². The molecule has 7 unspecified atom stereocenters. The Labute approximate surface area is 127 Å². The second kappa shape index (κ2) is 8.70. The van der Waals surface area contributed by atoms with Crippen LogP contribution in [0.25, 0.3) is 0 Å². The summed E-state index contributed by atoms with van der Waals surface area (Å²) in [6.45, 7) is -0.595. The smallest absolute Gasteiger partial charge is 0.325 e. The summed E-state index contributed by atoms with van der Waals surface area (Å²) in [6, 6.07) is -1.08. The predicted molar refractivity (Wildman–Crippen MR) is 72.1 cm³/mol. The van der Waals surface area contributed by atoms with Crippen molar-refractivity contribution < 1.29 is 39.8 Å². The van der Waals surface area contributed by atoms with E-state index in [1.807, 2.05) is 0 Å². The van der Waals surface area contributed by atoms with E-state index in [0.29, 0.717) is 0 Å². The van der Waals surface area contributed by atoms with Crippen LogP contribution < -0.4 is 11.5 Å². The Bertz CT molecular complexity index is 356. The van der Waals surface area contributed by atoms with Crippen molar-refractivity contribution in [1.82, 2.24) is 0 Å². The maximum absolute atomic E-state index is 11.8. The zero-order valence-corrected chi connectivity index (χ0v) is 12.0. The number of carbonyl (C=O) groups excluding carboxylic acids is 1. The lowest BCUT2D eigenvalue weighted by atomic mass is 9.99. The zero-order chi connectivity index (χ0) is 16.9. The largest absolute Gasteiger partial charge is 0.432 e. The maximum atomic E-state index is 11.8. The minimum absolute atomic E-state index is 0.0362. The number of aliphatic hydroxyl groups is 5. The molecule has 0 saturated carbocycles. The molecular weight excluding hydrogens is 300 g/mol. The van der Waals surface area contributed by atoms with Crippen LogP contribution in [-0.2, 0) is 14.3 Å². The average Bonchev–Trinajstić information content (AvgIpc) is 2.52. The summed E-state index contributed by atoms with van der Waals surface area (Å²) in [6.07, 6.45) is -8.08. The Kier molecular flexibility index (Phi) is 7.59. The van der Waals surface area contributed by atoms with Gasteiger partial charge in [-0.25, -0.2) is 0 Å². The Morgan fingerprint density at radius 2 is 1.82 bits per heavy atom. The third kappa shape index (κ3) is 4.83. The first-order valence-electron chi connectivity index (χ1n) is 6.96. The van der Waals surface area contributed by atoms with Crippen molar-refractivity contribution in [2.24, 2.45) is 11.5 Å². The summed E-state index contributed by atoms with van der Waals surface area (Å²) >= 11 is 0. The highest BCUT2D eigenvalue weighted by molar-refractivity contribution is 5.75. The van der Waals surface area contributed by atoms with E-state index in [9.17, 15) is 25.2 Å². The fourth-order valence-electron chi connectivity index (χ4n) is 1.97. The molecule has 0 aromatic carbocycles. The number of carbonyl (C=O) groups is 1. The van der Waals surface area contributed by atoms with Crippen molar-refractivity contribution in [2.45, 2.75) is 55.7 Å². The van der Waals surface area contributed by atoms with Crippen LogP contribution in [-0.4, -0.2) is 87.5 Å². The van der Waals surface area contributed by atoms with E-state index < -0.39 is 55.4 Å². The number of nitrogens with two attached hydrogens (primary N) is 2. The Balaban J connectivity index is 2.55. The molecule has 0 amide bonds. The Morgan fingerprint density at radius 1 is 1.18 bits per heavy atom. The molecule has 1 saturated heterocycles. The van der Waals surface area contributed by atoms with Crippen LogP contribution in [0.5, 0.6) is 0 Å². The van der Waals surface area contributed by atoms with Gasteiger partial charge in [0.1, 0.15) is 30.5 Å². The molecule has 0 spiro atoms. The van der Waals surface area contributed by atoms with E-state index in [4.69, 9.17) is 26.0 Å². The van der Waals surface area contributed by atoms with Crippen LogP contribution in [0.4, 0.5) is 0 Å². The molecule has 1 aliphatic heterocycles. The van der Waals surface area contributed by atoms with Gasteiger partial charge in [-0.3, -0.25) is 4.79 Å². The highest BCUT2D eigenvalue weighted by atomic mass is 16.7. The molecule has 1 fully saturated rings. The molecule has 10 nitrogen and oxygen atoms in total. The lowest BCUT2D eigenvalue weighted by molar-refractivity contribution is -0.293. The van der Waals surface area contributed by atoms with Crippen molar-refractivity contribution in [3.05, 3.63) is 0 Å². The minimum Gasteiger partial charge on any atom is -0.432 e. The minimum atomic E-state index is -1.68. The molecule has 0 radical (unpaired) electrons. The topological polar surface area (TPSA) is 189 Å². The third-order valence-electron chi connectivity index (χ3n) is 3.47. The van der Waals surface area contributed by atoms with Gasteiger partial charge >= 0.3 is 5.97 Å². The number of hydrogen-bond donors (Lipinski definition) is 7. The first-order chi connectivity index (χ1) is 10.3. The molecule has 0 aliphatic carbocycles. The highest BCUT2D eigenvalue weighted by Gasteiger charge is 2.45. The van der Waals surface area contributed by atoms with Gasteiger partial charge in [-0.2, -0.15) is 0 Å². The summed E-state index contributed by atoms with van der Waals surface area (Å²) in [5.74, 6) is -0.909. The second-order valence-corrected chi connectivity index (χ2v) is 5.21. The lowest BCUT2D eigenvalue weighted by Gasteiger charge is -2.39. The maximum Gasteiger partial charge on any atom is 0.325 e. The molecule has 10 heteroatoms. The van der Waals surface area contributed by atoms with Crippen molar-refractivity contribution in [2.75, 3.05) is 13.2 Å². The molecule has 0 aromatic rings. The number of aliphatic hydroxyl groups excluding tert-OH is 5. The van der Waals surface area contributed by atoms with E-state index in [2.05, 4.69) is 0 Å². The summed E-state index contributed by atoms with van der Waals surface area (Å²) in [5, 5.41) is 47.2. The van der Waals surface area contributed by atoms with E-state index in [1.165, 1.54) is 0 Å². The molecule has 9 N–H and O–H groups in total. The zero-order valence-electron chi connectivity index (χ0n) is 12.0. The summed E-state index contributed by atoms with van der Waals surface area (Å²) in [7, 11) is 0. The van der Waals surface area contributed by atoms with Gasteiger partial charge in [0.05, 0.1) is 12.7 Å². The SMILES string of the molecule is NCC(O)CCC(N)C(=O)OC1OC(CO)C(O)C(O)C1O. The van der Waals surface area contributed by atoms with Gasteiger partial charge in [0, 0.05) is 6.54 Å². The van der Waals surface area contributed by atoms with E-state index in [0.717, 1.165) is 0 Å². The molecule has 1 rings (SSSR count). The van der Waals surface area contributed by atoms with Crippen LogP contribution in [0.2, 0.25) is 0 Å². The summed E-state index contributed by atoms with van der Waals surface area (Å²) in [4.78, 5) is 11.8. The van der Waals surface area contributed by atoms with Crippen molar-refractivity contribution in [3.63, 3.8) is 0 Å². The summed E-state index contributed by atoms with van der Waals surface area (Å²) in [5.41, 5.74) is 10.8. The van der Waals surface area contributed by atoms with Gasteiger partial charge in [0.15, 0.2) is 0 Å². The van der Waals surface area contributed by atoms with Crippen molar-refractivity contribution in [3.8, 4) is 0 Å². The van der Waals surface area contributed by atoms with Crippen LogP contribution in [0, 0.1) is 0 Å². The molecule has 0 bridgehead atoms. The van der Waals surface area contributed by atoms with Crippen LogP contribution in [0.15, 0.2) is 0 Å². The number of esters is 1. The number of ether oxygens (including phenoxy) is 2.